The van der Waals surface area contributed by atoms with Crippen LogP contribution in [0.2, 0.25) is 0 Å². The van der Waals surface area contributed by atoms with Crippen molar-refractivity contribution in [3.05, 3.63) is 180 Å². The monoisotopic (exact) mass is 764 g/mol. The molecule has 0 spiro atoms. The molecule has 0 saturated carbocycles. The van der Waals surface area contributed by atoms with Gasteiger partial charge >= 0.3 is 0 Å². The Hall–Kier alpha value is -7.06. The average Bonchev–Trinajstić information content (AvgIpc) is 3.99. The van der Waals surface area contributed by atoms with E-state index in [1.165, 1.54) is 0 Å². The van der Waals surface area contributed by atoms with E-state index < -0.39 is 12.1 Å². The molecule has 0 bridgehead atoms. The van der Waals surface area contributed by atoms with Crippen LogP contribution in [0.15, 0.2) is 158 Å². The van der Waals surface area contributed by atoms with E-state index in [1.807, 2.05) is 170 Å². The Morgan fingerprint density at radius 3 is 1.21 bits per heavy atom. The third-order valence-corrected chi connectivity index (χ3v) is 10.9. The van der Waals surface area contributed by atoms with Gasteiger partial charge in [0.25, 0.3) is 11.8 Å². The van der Waals surface area contributed by atoms with E-state index in [-0.39, 0.29) is 23.6 Å². The van der Waals surface area contributed by atoms with Crippen molar-refractivity contribution in [3.63, 3.8) is 0 Å². The van der Waals surface area contributed by atoms with Crippen LogP contribution in [-0.2, 0) is 9.59 Å². The van der Waals surface area contributed by atoms with Crippen LogP contribution in [0, 0.1) is 0 Å². The molecule has 8 nitrogen and oxygen atoms in total. The topological polar surface area (TPSA) is 98.8 Å². The molecule has 2 saturated heterocycles. The van der Waals surface area contributed by atoms with E-state index >= 15 is 0 Å². The van der Waals surface area contributed by atoms with E-state index in [2.05, 4.69) is 10.6 Å². The van der Waals surface area contributed by atoms with E-state index in [1.54, 1.807) is 9.80 Å². The van der Waals surface area contributed by atoms with Gasteiger partial charge in [0.1, 0.15) is 12.1 Å². The molecule has 288 valence electrons. The minimum Gasteiger partial charge on any atom is -0.327 e. The molecule has 2 atom stereocenters. The van der Waals surface area contributed by atoms with Crippen molar-refractivity contribution < 1.29 is 19.2 Å². The lowest BCUT2D eigenvalue weighted by molar-refractivity contribution is -0.120. The summed E-state index contributed by atoms with van der Waals surface area (Å²) in [5.41, 5.74) is 8.04. The maximum atomic E-state index is 13.8. The molecule has 2 aliphatic heterocycles. The Balaban J connectivity index is 0.856. The van der Waals surface area contributed by atoms with Gasteiger partial charge in [0.05, 0.1) is 0 Å². The van der Waals surface area contributed by atoms with Gasteiger partial charge in [-0.2, -0.15) is 0 Å². The summed E-state index contributed by atoms with van der Waals surface area (Å²) in [7, 11) is 0. The number of rotatable bonds is 10. The molecule has 0 radical (unpaired) electrons. The fourth-order valence-electron chi connectivity index (χ4n) is 7.95. The number of hydrogen-bond acceptors (Lipinski definition) is 4. The summed E-state index contributed by atoms with van der Waals surface area (Å²) in [4.78, 5) is 58.0. The van der Waals surface area contributed by atoms with Crippen molar-refractivity contribution in [1.29, 1.82) is 0 Å². The van der Waals surface area contributed by atoms with Crippen LogP contribution in [-0.4, -0.2) is 58.6 Å². The fraction of sp³-hybridized carbons (Fsp3) is 0.160. The summed E-state index contributed by atoms with van der Waals surface area (Å²) in [5, 5.41) is 6.05. The Kier molecular flexibility index (Phi) is 11.3. The van der Waals surface area contributed by atoms with Gasteiger partial charge in [-0.25, -0.2) is 0 Å². The number of likely N-dealkylation sites (tertiary alicyclic amines) is 2. The molecule has 6 aromatic rings. The molecule has 4 amide bonds. The third-order valence-electron chi connectivity index (χ3n) is 10.9. The highest BCUT2D eigenvalue weighted by Crippen LogP contribution is 2.30. The summed E-state index contributed by atoms with van der Waals surface area (Å²) in [6.45, 7) is 1.06. The smallest absolute Gasteiger partial charge is 0.255 e. The number of nitrogens with one attached hydrogen (secondary N) is 2. The quantitative estimate of drug-likeness (QED) is 0.136. The maximum Gasteiger partial charge on any atom is 0.255 e. The lowest BCUT2D eigenvalue weighted by Gasteiger charge is -2.25. The van der Waals surface area contributed by atoms with Crippen LogP contribution in [0.1, 0.15) is 57.5 Å². The van der Waals surface area contributed by atoms with E-state index in [0.29, 0.717) is 48.4 Å². The van der Waals surface area contributed by atoms with Crippen molar-refractivity contribution in [3.8, 4) is 22.3 Å². The fourth-order valence-corrected chi connectivity index (χ4v) is 7.95. The zero-order chi connectivity index (χ0) is 39.8. The van der Waals surface area contributed by atoms with Crippen LogP contribution in [0.25, 0.3) is 34.4 Å². The van der Waals surface area contributed by atoms with Crippen LogP contribution in [0.5, 0.6) is 0 Å². The Bertz CT molecular complexity index is 2270. The maximum absolute atomic E-state index is 13.8. The van der Waals surface area contributed by atoms with Crippen molar-refractivity contribution in [2.24, 2.45) is 0 Å². The van der Waals surface area contributed by atoms with Crippen molar-refractivity contribution in [1.82, 2.24) is 9.80 Å². The molecule has 8 rings (SSSR count). The predicted octanol–water partition coefficient (Wildman–Crippen LogP) is 9.68. The number of carbonyl (C=O) groups is 4. The first kappa shape index (κ1) is 37.8. The Labute approximate surface area is 338 Å². The molecule has 0 unspecified atom stereocenters. The van der Waals surface area contributed by atoms with Crippen molar-refractivity contribution >= 4 is 47.2 Å². The normalized spacial score (nSPS) is 16.3. The lowest BCUT2D eigenvalue weighted by Crippen LogP contribution is -2.43. The zero-order valence-electron chi connectivity index (χ0n) is 32.1. The molecule has 2 fully saturated rings. The number of nitrogens with zero attached hydrogens (tertiary/aromatic N) is 2. The van der Waals surface area contributed by atoms with Crippen LogP contribution < -0.4 is 10.6 Å². The SMILES string of the molecule is O=C(Nc1ccc(/C=C/c2ccc(NC(=O)[C@@H]3CCCN3C(=O)c3ccccc3-c3ccccc3)cc2)cc1)[C@@H]1CCCN1C(=O)c1ccccc1-c1ccccc1. The van der Waals surface area contributed by atoms with Gasteiger partial charge in [0.15, 0.2) is 0 Å². The molecule has 0 aliphatic carbocycles. The Morgan fingerprint density at radius 2 is 0.810 bits per heavy atom. The first-order chi connectivity index (χ1) is 28.4. The van der Waals surface area contributed by atoms with Crippen molar-refractivity contribution in [2.75, 3.05) is 23.7 Å². The molecule has 0 aromatic heterocycles. The van der Waals surface area contributed by atoms with Crippen LogP contribution >= 0.6 is 0 Å². The largest absolute Gasteiger partial charge is 0.327 e. The lowest BCUT2D eigenvalue weighted by atomic mass is 9.98. The van der Waals surface area contributed by atoms with Gasteiger partial charge in [-0.05, 0) is 95.5 Å². The highest BCUT2D eigenvalue weighted by molar-refractivity contribution is 6.06. The number of amides is 4. The molecular weight excluding hydrogens is 721 g/mol. The van der Waals surface area contributed by atoms with Crippen LogP contribution in [0.3, 0.4) is 0 Å². The minimum atomic E-state index is -0.550. The number of hydrogen-bond donors (Lipinski definition) is 2. The summed E-state index contributed by atoms with van der Waals surface area (Å²) < 4.78 is 0. The molecule has 2 heterocycles. The second kappa shape index (κ2) is 17.4. The molecule has 58 heavy (non-hydrogen) atoms. The second-order valence-electron chi connectivity index (χ2n) is 14.7. The van der Waals surface area contributed by atoms with Gasteiger partial charge in [-0.1, -0.05) is 133 Å². The first-order valence-electron chi connectivity index (χ1n) is 19.8. The highest BCUT2D eigenvalue weighted by Gasteiger charge is 2.36. The summed E-state index contributed by atoms with van der Waals surface area (Å²) in [5.74, 6) is -0.665. The van der Waals surface area contributed by atoms with E-state index in [0.717, 1.165) is 46.2 Å². The molecular formula is C50H44N4O4. The van der Waals surface area contributed by atoms with E-state index in [4.69, 9.17) is 0 Å². The molecule has 2 aliphatic rings. The van der Waals surface area contributed by atoms with Crippen molar-refractivity contribution in [2.45, 2.75) is 37.8 Å². The number of anilines is 2. The Morgan fingerprint density at radius 1 is 0.448 bits per heavy atom. The summed E-state index contributed by atoms with van der Waals surface area (Å²) in [6.07, 6.45) is 6.71. The minimum absolute atomic E-state index is 0.137. The van der Waals surface area contributed by atoms with E-state index in [9.17, 15) is 19.2 Å². The van der Waals surface area contributed by atoms with Gasteiger partial charge in [0, 0.05) is 35.6 Å². The van der Waals surface area contributed by atoms with Gasteiger partial charge < -0.3 is 20.4 Å². The highest BCUT2D eigenvalue weighted by atomic mass is 16.2. The predicted molar refractivity (Wildman–Crippen MR) is 231 cm³/mol. The molecule has 8 heteroatoms. The first-order valence-corrected chi connectivity index (χ1v) is 19.8. The van der Waals surface area contributed by atoms with Gasteiger partial charge in [-0.15, -0.1) is 0 Å². The number of carbonyl (C=O) groups excluding carboxylic acids is 4. The second-order valence-corrected chi connectivity index (χ2v) is 14.7. The molecule has 2 N–H and O–H groups in total. The summed E-state index contributed by atoms with van der Waals surface area (Å²) >= 11 is 0. The van der Waals surface area contributed by atoms with Gasteiger partial charge in [-0.3, -0.25) is 19.2 Å². The van der Waals surface area contributed by atoms with Crippen LogP contribution in [0.4, 0.5) is 11.4 Å². The van der Waals surface area contributed by atoms with Gasteiger partial charge in [0.2, 0.25) is 11.8 Å². The molecule has 6 aromatic carbocycles. The third kappa shape index (κ3) is 8.37. The number of benzene rings is 6. The average molecular weight is 765 g/mol. The standard InChI is InChI=1S/C50H44N4O4/c55-47(45-21-11-33-53(45)49(57)43-19-9-7-17-41(43)37-13-3-1-4-14-37)51-39-29-25-35(26-30-39)23-24-36-27-31-40(32-28-36)52-48(56)46-22-12-34-54(46)50(58)44-20-10-8-18-42(44)38-15-5-2-6-16-38/h1-10,13-20,23-32,45-46H,11-12,21-22,33-34H2,(H,51,55)(H,52,56)/b24-23+/t45-,46-/m0/s1. The zero-order valence-corrected chi connectivity index (χ0v) is 32.1. The summed E-state index contributed by atoms with van der Waals surface area (Å²) in [6, 6.07) is 48.9.